The maximum Gasteiger partial charge on any atom is 0.471 e. The molecule has 1 amide bonds. The maximum atomic E-state index is 11.7. The number of alkyl halides is 3. The van der Waals surface area contributed by atoms with Crippen molar-refractivity contribution < 1.29 is 27.9 Å². The first-order valence-corrected chi connectivity index (χ1v) is 3.89. The van der Waals surface area contributed by atoms with Crippen LogP contribution in [0, 0.1) is 0 Å². The third-order valence-electron chi connectivity index (χ3n) is 1.44. The van der Waals surface area contributed by atoms with Crippen LogP contribution in [0.5, 0.6) is 0 Å². The summed E-state index contributed by atoms with van der Waals surface area (Å²) in [5.74, 6) is -3.69. The lowest BCUT2D eigenvalue weighted by Crippen LogP contribution is -2.46. The summed E-state index contributed by atoms with van der Waals surface area (Å²) >= 11 is 0. The Kier molecular flexibility index (Phi) is 4.39. The van der Waals surface area contributed by atoms with Crippen molar-refractivity contribution in [1.82, 2.24) is 5.32 Å². The SMILES string of the molecule is CCCC(NC(=O)C(F)(F)F)C(=O)O. The quantitative estimate of drug-likeness (QED) is 0.729. The Morgan fingerprint density at radius 3 is 2.21 bits per heavy atom. The highest BCUT2D eigenvalue weighted by molar-refractivity contribution is 5.86. The molecule has 0 aliphatic carbocycles. The molecule has 0 heterocycles. The minimum atomic E-state index is -5.04. The van der Waals surface area contributed by atoms with E-state index < -0.39 is 24.1 Å². The average Bonchev–Trinajstić information content (AvgIpc) is 2.01. The molecule has 0 fully saturated rings. The predicted molar refractivity (Wildman–Crippen MR) is 40.5 cm³/mol. The standard InChI is InChI=1S/C7H10F3NO3/c1-2-3-4(5(12)13)11-6(14)7(8,9)10/h4H,2-3H2,1H3,(H,11,14)(H,12,13). The van der Waals surface area contributed by atoms with Crippen LogP contribution in [-0.2, 0) is 9.59 Å². The van der Waals surface area contributed by atoms with Gasteiger partial charge in [-0.25, -0.2) is 4.79 Å². The van der Waals surface area contributed by atoms with Crippen molar-refractivity contribution in [3.63, 3.8) is 0 Å². The van der Waals surface area contributed by atoms with E-state index in [9.17, 15) is 22.8 Å². The fraction of sp³-hybridized carbons (Fsp3) is 0.714. The fourth-order valence-electron chi connectivity index (χ4n) is 0.786. The molecule has 0 spiro atoms. The smallest absolute Gasteiger partial charge is 0.471 e. The highest BCUT2D eigenvalue weighted by Gasteiger charge is 2.40. The molecular weight excluding hydrogens is 203 g/mol. The molecule has 0 bridgehead atoms. The molecule has 82 valence electrons. The third kappa shape index (κ3) is 4.11. The van der Waals surface area contributed by atoms with Crippen molar-refractivity contribution >= 4 is 11.9 Å². The Morgan fingerprint density at radius 1 is 1.43 bits per heavy atom. The number of carboxylic acid groups (broad SMARTS) is 1. The first-order valence-electron chi connectivity index (χ1n) is 3.89. The molecule has 0 aliphatic heterocycles. The summed E-state index contributed by atoms with van der Waals surface area (Å²) in [6, 6.07) is -1.48. The summed E-state index contributed by atoms with van der Waals surface area (Å²) in [6.07, 6.45) is -4.70. The summed E-state index contributed by atoms with van der Waals surface area (Å²) in [7, 11) is 0. The average molecular weight is 213 g/mol. The van der Waals surface area contributed by atoms with Gasteiger partial charge in [-0.1, -0.05) is 13.3 Å². The van der Waals surface area contributed by atoms with E-state index in [2.05, 4.69) is 0 Å². The maximum absolute atomic E-state index is 11.7. The second kappa shape index (κ2) is 4.83. The lowest BCUT2D eigenvalue weighted by atomic mass is 10.1. The molecule has 0 rings (SSSR count). The monoisotopic (exact) mass is 213 g/mol. The van der Waals surface area contributed by atoms with Crippen LogP contribution in [-0.4, -0.2) is 29.2 Å². The van der Waals surface area contributed by atoms with E-state index in [1.807, 2.05) is 0 Å². The summed E-state index contributed by atoms with van der Waals surface area (Å²) in [6.45, 7) is 1.61. The summed E-state index contributed by atoms with van der Waals surface area (Å²) in [4.78, 5) is 20.7. The van der Waals surface area contributed by atoms with E-state index in [1.54, 1.807) is 6.92 Å². The molecule has 0 aliphatic rings. The van der Waals surface area contributed by atoms with Crippen LogP contribution >= 0.6 is 0 Å². The van der Waals surface area contributed by atoms with Gasteiger partial charge in [0.15, 0.2) is 0 Å². The molecule has 14 heavy (non-hydrogen) atoms. The van der Waals surface area contributed by atoms with Gasteiger partial charge in [0.25, 0.3) is 0 Å². The third-order valence-corrected chi connectivity index (χ3v) is 1.44. The van der Waals surface area contributed by atoms with Crippen molar-refractivity contribution in [2.75, 3.05) is 0 Å². The number of carbonyl (C=O) groups excluding carboxylic acids is 1. The molecule has 7 heteroatoms. The van der Waals surface area contributed by atoms with Gasteiger partial charge in [0.2, 0.25) is 0 Å². The molecule has 0 aromatic heterocycles. The van der Waals surface area contributed by atoms with Gasteiger partial charge in [0.1, 0.15) is 6.04 Å². The number of hydrogen-bond donors (Lipinski definition) is 2. The number of carboxylic acids is 1. The molecule has 0 aromatic rings. The molecular formula is C7H10F3NO3. The van der Waals surface area contributed by atoms with Crippen molar-refractivity contribution in [2.45, 2.75) is 32.0 Å². The van der Waals surface area contributed by atoms with Crippen LogP contribution < -0.4 is 5.32 Å². The van der Waals surface area contributed by atoms with Crippen LogP contribution in [0.25, 0.3) is 0 Å². The topological polar surface area (TPSA) is 66.4 Å². The van der Waals surface area contributed by atoms with E-state index in [1.165, 1.54) is 5.32 Å². The van der Waals surface area contributed by atoms with E-state index in [-0.39, 0.29) is 6.42 Å². The molecule has 0 aromatic carbocycles. The Morgan fingerprint density at radius 2 is 1.93 bits per heavy atom. The van der Waals surface area contributed by atoms with Crippen LogP contribution in [0.3, 0.4) is 0 Å². The second-order valence-electron chi connectivity index (χ2n) is 2.65. The highest BCUT2D eigenvalue weighted by Crippen LogP contribution is 2.15. The first kappa shape index (κ1) is 12.7. The fourth-order valence-corrected chi connectivity index (χ4v) is 0.786. The van der Waals surface area contributed by atoms with Gasteiger partial charge in [0, 0.05) is 0 Å². The Hall–Kier alpha value is -1.27. The first-order chi connectivity index (χ1) is 6.29. The predicted octanol–water partition coefficient (Wildman–Crippen LogP) is 0.918. The van der Waals surface area contributed by atoms with Crippen molar-refractivity contribution in [1.29, 1.82) is 0 Å². The molecule has 0 saturated heterocycles. The molecule has 1 unspecified atom stereocenters. The van der Waals surface area contributed by atoms with Crippen molar-refractivity contribution in [3.05, 3.63) is 0 Å². The van der Waals surface area contributed by atoms with E-state index >= 15 is 0 Å². The number of hydrogen-bond acceptors (Lipinski definition) is 2. The Balaban J connectivity index is 4.31. The summed E-state index contributed by atoms with van der Waals surface area (Å²) in [5.41, 5.74) is 0. The lowest BCUT2D eigenvalue weighted by Gasteiger charge is -2.14. The molecule has 4 nitrogen and oxygen atoms in total. The van der Waals surface area contributed by atoms with Crippen LogP contribution in [0.4, 0.5) is 13.2 Å². The molecule has 0 saturated carbocycles. The second-order valence-corrected chi connectivity index (χ2v) is 2.65. The number of carbonyl (C=O) groups is 2. The van der Waals surface area contributed by atoms with Crippen LogP contribution in [0.15, 0.2) is 0 Å². The Labute approximate surface area is 78.1 Å². The summed E-state index contributed by atoms with van der Waals surface area (Å²) < 4.78 is 35.1. The lowest BCUT2D eigenvalue weighted by molar-refractivity contribution is -0.175. The molecule has 1 atom stereocenters. The van der Waals surface area contributed by atoms with E-state index in [0.717, 1.165) is 0 Å². The minimum absolute atomic E-state index is 0.0306. The van der Waals surface area contributed by atoms with E-state index in [4.69, 9.17) is 5.11 Å². The van der Waals surface area contributed by atoms with Gasteiger partial charge in [0.05, 0.1) is 0 Å². The molecule has 0 radical (unpaired) electrons. The van der Waals surface area contributed by atoms with E-state index in [0.29, 0.717) is 6.42 Å². The van der Waals surface area contributed by atoms with Gasteiger partial charge in [-0.15, -0.1) is 0 Å². The number of halogens is 3. The van der Waals surface area contributed by atoms with Gasteiger partial charge in [-0.05, 0) is 6.42 Å². The van der Waals surface area contributed by atoms with Gasteiger partial charge < -0.3 is 10.4 Å². The van der Waals surface area contributed by atoms with Crippen LogP contribution in [0.2, 0.25) is 0 Å². The van der Waals surface area contributed by atoms with Gasteiger partial charge in [-0.2, -0.15) is 13.2 Å². The van der Waals surface area contributed by atoms with Gasteiger partial charge >= 0.3 is 18.1 Å². The van der Waals surface area contributed by atoms with Crippen LogP contribution in [0.1, 0.15) is 19.8 Å². The van der Waals surface area contributed by atoms with Gasteiger partial charge in [-0.3, -0.25) is 4.79 Å². The van der Waals surface area contributed by atoms with Crippen molar-refractivity contribution in [3.8, 4) is 0 Å². The zero-order valence-electron chi connectivity index (χ0n) is 7.39. The van der Waals surface area contributed by atoms with Crippen molar-refractivity contribution in [2.24, 2.45) is 0 Å². The zero-order chi connectivity index (χ0) is 11.4. The highest BCUT2D eigenvalue weighted by atomic mass is 19.4. The number of rotatable bonds is 4. The number of amides is 1. The minimum Gasteiger partial charge on any atom is -0.480 e. The number of nitrogens with one attached hydrogen (secondary N) is 1. The number of aliphatic carboxylic acids is 1. The summed E-state index contributed by atoms with van der Waals surface area (Å²) in [5, 5.41) is 9.83. The molecule has 2 N–H and O–H groups in total. The Bertz CT molecular complexity index is 227. The largest absolute Gasteiger partial charge is 0.480 e. The zero-order valence-corrected chi connectivity index (χ0v) is 7.39. The normalized spacial score (nSPS) is 13.4.